The lowest BCUT2D eigenvalue weighted by molar-refractivity contribution is -0.124. The highest BCUT2D eigenvalue weighted by molar-refractivity contribution is 7.86. The van der Waals surface area contributed by atoms with Crippen LogP contribution >= 0.6 is 0 Å². The molecule has 0 aliphatic carbocycles. The van der Waals surface area contributed by atoms with Crippen LogP contribution in [0.2, 0.25) is 0 Å². The molecule has 1 unspecified atom stereocenters. The van der Waals surface area contributed by atoms with Crippen molar-refractivity contribution in [2.75, 3.05) is 4.72 Å². The van der Waals surface area contributed by atoms with Gasteiger partial charge in [-0.05, 0) is 35.9 Å². The zero-order valence-corrected chi connectivity index (χ0v) is 16.0. The van der Waals surface area contributed by atoms with Crippen LogP contribution in [0.5, 0.6) is 0 Å². The van der Waals surface area contributed by atoms with Crippen LogP contribution in [0.25, 0.3) is 27.9 Å². The van der Waals surface area contributed by atoms with Gasteiger partial charge >= 0.3 is 0 Å². The molecule has 144 valence electrons. The molecule has 4 rings (SSSR count). The molecule has 0 radical (unpaired) electrons. The zero-order chi connectivity index (χ0) is 20.2. The van der Waals surface area contributed by atoms with Crippen molar-refractivity contribution in [1.82, 2.24) is 10.5 Å². The summed E-state index contributed by atoms with van der Waals surface area (Å²) in [5.41, 5.74) is 4.61. The highest BCUT2D eigenvalue weighted by Crippen LogP contribution is 2.31. The second-order valence-electron chi connectivity index (χ2n) is 6.27. The zero-order valence-electron chi connectivity index (χ0n) is 15.2. The fourth-order valence-electron chi connectivity index (χ4n) is 3.04. The van der Waals surface area contributed by atoms with E-state index < -0.39 is 16.9 Å². The number of hydroxylamine groups is 1. The van der Waals surface area contributed by atoms with E-state index in [2.05, 4.69) is 9.71 Å². The molecule has 0 spiro atoms. The Labute approximate surface area is 169 Å². The highest BCUT2D eigenvalue weighted by Gasteiger charge is 2.12. The lowest BCUT2D eigenvalue weighted by atomic mass is 10.1. The van der Waals surface area contributed by atoms with Crippen molar-refractivity contribution in [3.8, 4) is 0 Å². The Bertz CT molecular complexity index is 1220. The van der Waals surface area contributed by atoms with Crippen LogP contribution in [-0.2, 0) is 15.8 Å². The molecule has 1 amide bonds. The van der Waals surface area contributed by atoms with Gasteiger partial charge in [-0.2, -0.15) is 0 Å². The van der Waals surface area contributed by atoms with E-state index in [1.165, 1.54) is 17.6 Å². The lowest BCUT2D eigenvalue weighted by Crippen LogP contribution is -2.14. The Morgan fingerprint density at radius 1 is 0.931 bits per heavy atom. The number of anilines is 1. The fraction of sp³-hybridized carbons (Fsp3) is 0. The minimum Gasteiger partial charge on any atom is -0.300 e. The van der Waals surface area contributed by atoms with Gasteiger partial charge in [0, 0.05) is 16.8 Å². The number of fused-ring (bicyclic) bond motifs is 2. The van der Waals surface area contributed by atoms with E-state index in [1.54, 1.807) is 24.3 Å². The van der Waals surface area contributed by atoms with E-state index in [1.807, 2.05) is 48.5 Å². The lowest BCUT2D eigenvalue weighted by Gasteiger charge is -2.13. The van der Waals surface area contributed by atoms with E-state index in [4.69, 9.17) is 5.21 Å². The number of benzene rings is 3. The summed E-state index contributed by atoms with van der Waals surface area (Å²) >= 11 is 0. The van der Waals surface area contributed by atoms with Crippen molar-refractivity contribution in [3.63, 3.8) is 0 Å². The molecule has 0 fully saturated rings. The fourth-order valence-corrected chi connectivity index (χ4v) is 4.01. The summed E-state index contributed by atoms with van der Waals surface area (Å²) in [6, 6.07) is 22.4. The average molecular weight is 403 g/mol. The first kappa shape index (κ1) is 18.8. The minimum absolute atomic E-state index is 0.557. The molecule has 3 N–H and O–H groups in total. The molecule has 0 aliphatic rings. The first-order valence-electron chi connectivity index (χ1n) is 8.84. The van der Waals surface area contributed by atoms with Crippen LogP contribution in [0.15, 0.2) is 83.8 Å². The molecule has 3 aromatic carbocycles. The van der Waals surface area contributed by atoms with Gasteiger partial charge in [-0.15, -0.1) is 0 Å². The standard InChI is InChI=1S/C22H17N3O3S/c26-21(24-27)13-12-15-6-5-7-16(14-15)29(28)25-22-17-8-1-3-10-19(17)23-20-11-4-2-9-18(20)22/h1-14,27H,(H,23,25)(H,24,26)/b13-12+. The van der Waals surface area contributed by atoms with Crippen molar-refractivity contribution >= 4 is 50.5 Å². The van der Waals surface area contributed by atoms with Crippen LogP contribution in [-0.4, -0.2) is 20.3 Å². The van der Waals surface area contributed by atoms with Crippen molar-refractivity contribution in [1.29, 1.82) is 0 Å². The maximum Gasteiger partial charge on any atom is 0.267 e. The van der Waals surface area contributed by atoms with E-state index in [0.29, 0.717) is 10.5 Å². The minimum atomic E-state index is -1.53. The molecule has 0 saturated heterocycles. The van der Waals surface area contributed by atoms with E-state index in [0.717, 1.165) is 27.5 Å². The van der Waals surface area contributed by atoms with E-state index in [-0.39, 0.29) is 0 Å². The Balaban J connectivity index is 1.72. The largest absolute Gasteiger partial charge is 0.300 e. The summed E-state index contributed by atoms with van der Waals surface area (Å²) < 4.78 is 16.2. The third-order valence-corrected chi connectivity index (χ3v) is 5.46. The molecule has 7 heteroatoms. The summed E-state index contributed by atoms with van der Waals surface area (Å²) in [5, 5.41) is 10.3. The van der Waals surface area contributed by atoms with Crippen molar-refractivity contribution in [3.05, 3.63) is 84.4 Å². The van der Waals surface area contributed by atoms with Gasteiger partial charge in [-0.25, -0.2) is 14.7 Å². The van der Waals surface area contributed by atoms with Gasteiger partial charge in [-0.1, -0.05) is 48.5 Å². The normalized spacial score (nSPS) is 12.3. The van der Waals surface area contributed by atoms with E-state index in [9.17, 15) is 9.00 Å². The van der Waals surface area contributed by atoms with Gasteiger partial charge in [0.05, 0.1) is 21.6 Å². The summed E-state index contributed by atoms with van der Waals surface area (Å²) in [6.07, 6.45) is 2.73. The summed E-state index contributed by atoms with van der Waals surface area (Å²) in [6.45, 7) is 0. The third kappa shape index (κ3) is 4.01. The first-order chi connectivity index (χ1) is 14.2. The topological polar surface area (TPSA) is 91.3 Å². The molecule has 0 bridgehead atoms. The van der Waals surface area contributed by atoms with Crippen LogP contribution in [0.1, 0.15) is 5.56 Å². The molecule has 1 aromatic heterocycles. The number of amides is 1. The average Bonchev–Trinajstić information content (AvgIpc) is 2.77. The monoisotopic (exact) mass is 403 g/mol. The van der Waals surface area contributed by atoms with Gasteiger partial charge in [0.2, 0.25) is 0 Å². The van der Waals surface area contributed by atoms with Crippen molar-refractivity contribution in [2.24, 2.45) is 0 Å². The SMILES string of the molecule is O=C(/C=C/c1cccc(S(=O)Nc2c3ccccc3nc3ccccc23)c1)NO. The van der Waals surface area contributed by atoms with Gasteiger partial charge in [-0.3, -0.25) is 14.7 Å². The number of pyridine rings is 1. The van der Waals surface area contributed by atoms with Crippen LogP contribution in [0.3, 0.4) is 0 Å². The van der Waals surface area contributed by atoms with E-state index >= 15 is 0 Å². The quantitative estimate of drug-likeness (QED) is 0.203. The molecule has 6 nitrogen and oxygen atoms in total. The summed E-state index contributed by atoms with van der Waals surface area (Å²) in [7, 11) is -1.53. The Kier molecular flexibility index (Phi) is 5.33. The van der Waals surface area contributed by atoms with Crippen molar-refractivity contribution < 1.29 is 14.2 Å². The summed E-state index contributed by atoms with van der Waals surface area (Å²) in [4.78, 5) is 16.4. The second-order valence-corrected chi connectivity index (χ2v) is 7.49. The maximum atomic E-state index is 13.1. The van der Waals surface area contributed by atoms with Crippen molar-refractivity contribution in [2.45, 2.75) is 4.90 Å². The Morgan fingerprint density at radius 2 is 1.59 bits per heavy atom. The molecule has 0 aliphatic heterocycles. The molecule has 1 atom stereocenters. The van der Waals surface area contributed by atoms with Gasteiger partial charge < -0.3 is 0 Å². The maximum absolute atomic E-state index is 13.1. The molecule has 1 heterocycles. The number of carbonyl (C=O) groups is 1. The number of carbonyl (C=O) groups excluding carboxylic acids is 1. The second kappa shape index (κ2) is 8.22. The molecule has 29 heavy (non-hydrogen) atoms. The number of aromatic nitrogens is 1. The van der Waals surface area contributed by atoms with Gasteiger partial charge in [0.1, 0.15) is 11.0 Å². The van der Waals surface area contributed by atoms with Crippen LogP contribution < -0.4 is 10.2 Å². The smallest absolute Gasteiger partial charge is 0.267 e. The van der Waals surface area contributed by atoms with Crippen LogP contribution in [0, 0.1) is 0 Å². The Hall–Kier alpha value is -3.55. The number of nitrogens with zero attached hydrogens (tertiary/aromatic N) is 1. The number of hydrogen-bond donors (Lipinski definition) is 3. The predicted octanol–water partition coefficient (Wildman–Crippen LogP) is 4.04. The summed E-state index contributed by atoms with van der Waals surface area (Å²) in [5.74, 6) is -0.635. The molecular formula is C22H17N3O3S. The number of nitrogens with one attached hydrogen (secondary N) is 2. The molecule has 0 saturated carbocycles. The van der Waals surface area contributed by atoms with Gasteiger partial charge in [0.15, 0.2) is 0 Å². The number of para-hydroxylation sites is 2. The van der Waals surface area contributed by atoms with Crippen LogP contribution in [0.4, 0.5) is 5.69 Å². The number of rotatable bonds is 5. The highest BCUT2D eigenvalue weighted by atomic mass is 32.2. The number of hydrogen-bond acceptors (Lipinski definition) is 4. The Morgan fingerprint density at radius 3 is 2.24 bits per heavy atom. The molecular weight excluding hydrogens is 386 g/mol. The third-order valence-electron chi connectivity index (χ3n) is 4.39. The van der Waals surface area contributed by atoms with Gasteiger partial charge in [0.25, 0.3) is 5.91 Å². The predicted molar refractivity (Wildman–Crippen MR) is 115 cm³/mol. The first-order valence-corrected chi connectivity index (χ1v) is 9.99. The molecule has 4 aromatic rings.